The summed E-state index contributed by atoms with van der Waals surface area (Å²) in [6, 6.07) is 2.84. The lowest BCUT2D eigenvalue weighted by atomic mass is 10.1. The molecule has 0 radical (unpaired) electrons. The Morgan fingerprint density at radius 3 is 2.23 bits per heavy atom. The van der Waals surface area contributed by atoms with E-state index in [0.29, 0.717) is 16.5 Å². The van der Waals surface area contributed by atoms with Crippen LogP contribution in [0.5, 0.6) is 11.5 Å². The Hall–Kier alpha value is -2.49. The third-order valence-electron chi connectivity index (χ3n) is 2.81. The van der Waals surface area contributed by atoms with Crippen molar-refractivity contribution in [2.45, 2.75) is 11.6 Å². The number of aromatic nitrogens is 4. The highest BCUT2D eigenvalue weighted by Gasteiger charge is 2.20. The molecule has 0 spiro atoms. The first-order chi connectivity index (χ1) is 10.6. The standard InChI is InChI=1S/C12H13N5O4S/c1-20-9-4-7(8(17(18)19)6-10(9)21-2)5-11-13-15-12(22-3)16-14-11/h4,6H,5H2,1-3H3. The van der Waals surface area contributed by atoms with Crippen LogP contribution in [0.1, 0.15) is 11.4 Å². The first-order valence-electron chi connectivity index (χ1n) is 6.08. The minimum Gasteiger partial charge on any atom is -0.493 e. The molecule has 22 heavy (non-hydrogen) atoms. The topological polar surface area (TPSA) is 113 Å². The van der Waals surface area contributed by atoms with Crippen LogP contribution in [0.25, 0.3) is 0 Å². The molecule has 1 aromatic heterocycles. The summed E-state index contributed by atoms with van der Waals surface area (Å²) in [6.45, 7) is 0. The molecule has 0 aliphatic carbocycles. The number of rotatable bonds is 6. The van der Waals surface area contributed by atoms with Gasteiger partial charge in [-0.1, -0.05) is 11.8 Å². The highest BCUT2D eigenvalue weighted by Crippen LogP contribution is 2.35. The van der Waals surface area contributed by atoms with E-state index in [1.807, 2.05) is 0 Å². The Morgan fingerprint density at radius 1 is 1.14 bits per heavy atom. The number of hydrogen-bond donors (Lipinski definition) is 0. The summed E-state index contributed by atoms with van der Waals surface area (Å²) in [5, 5.41) is 27.2. The summed E-state index contributed by atoms with van der Waals surface area (Å²) in [5.41, 5.74) is 0.290. The fraction of sp³-hybridized carbons (Fsp3) is 0.333. The van der Waals surface area contributed by atoms with Gasteiger partial charge in [0.25, 0.3) is 5.69 Å². The Morgan fingerprint density at radius 2 is 1.73 bits per heavy atom. The van der Waals surface area contributed by atoms with Gasteiger partial charge >= 0.3 is 0 Å². The number of benzene rings is 1. The monoisotopic (exact) mass is 323 g/mol. The molecule has 0 saturated heterocycles. The first-order valence-corrected chi connectivity index (χ1v) is 7.31. The van der Waals surface area contributed by atoms with Crippen LogP contribution in [0, 0.1) is 10.1 Å². The lowest BCUT2D eigenvalue weighted by Gasteiger charge is -2.10. The Kier molecular flexibility index (Phi) is 5.04. The van der Waals surface area contributed by atoms with Gasteiger partial charge in [0.05, 0.1) is 25.2 Å². The molecule has 0 bridgehead atoms. The van der Waals surface area contributed by atoms with Crippen molar-refractivity contribution in [2.24, 2.45) is 0 Å². The van der Waals surface area contributed by atoms with Gasteiger partial charge in [0.1, 0.15) is 0 Å². The van der Waals surface area contributed by atoms with E-state index in [-0.39, 0.29) is 23.7 Å². The minimum atomic E-state index is -0.492. The van der Waals surface area contributed by atoms with Crippen molar-refractivity contribution in [2.75, 3.05) is 20.5 Å². The summed E-state index contributed by atoms with van der Waals surface area (Å²) in [5.74, 6) is 0.964. The van der Waals surface area contributed by atoms with Crippen molar-refractivity contribution in [3.8, 4) is 11.5 Å². The van der Waals surface area contributed by atoms with Crippen molar-refractivity contribution >= 4 is 17.4 Å². The zero-order valence-corrected chi connectivity index (χ0v) is 13.0. The van der Waals surface area contributed by atoms with Crippen molar-refractivity contribution in [3.05, 3.63) is 33.6 Å². The summed E-state index contributed by atoms with van der Waals surface area (Å²) in [6.07, 6.45) is 1.92. The highest BCUT2D eigenvalue weighted by molar-refractivity contribution is 7.98. The van der Waals surface area contributed by atoms with Gasteiger partial charge in [0.15, 0.2) is 17.3 Å². The van der Waals surface area contributed by atoms with Crippen LogP contribution in [0.4, 0.5) is 5.69 Å². The Balaban J connectivity index is 2.41. The lowest BCUT2D eigenvalue weighted by Crippen LogP contribution is -2.05. The molecule has 9 nitrogen and oxygen atoms in total. The van der Waals surface area contributed by atoms with Crippen LogP contribution in [-0.2, 0) is 6.42 Å². The molecule has 0 unspecified atom stereocenters. The lowest BCUT2D eigenvalue weighted by molar-refractivity contribution is -0.385. The van der Waals surface area contributed by atoms with E-state index >= 15 is 0 Å². The number of thioether (sulfide) groups is 1. The van der Waals surface area contributed by atoms with E-state index < -0.39 is 4.92 Å². The predicted molar refractivity (Wildman–Crippen MR) is 78.4 cm³/mol. The number of hydrogen-bond acceptors (Lipinski definition) is 9. The summed E-state index contributed by atoms with van der Waals surface area (Å²) in [7, 11) is 2.87. The van der Waals surface area contributed by atoms with Crippen LogP contribution in [0.2, 0.25) is 0 Å². The summed E-state index contributed by atoms with van der Waals surface area (Å²) < 4.78 is 10.2. The van der Waals surface area contributed by atoms with Gasteiger partial charge < -0.3 is 9.47 Å². The molecule has 0 N–H and O–H groups in total. The van der Waals surface area contributed by atoms with Crippen molar-refractivity contribution in [1.29, 1.82) is 0 Å². The molecule has 1 aromatic carbocycles. The fourth-order valence-corrected chi connectivity index (χ4v) is 2.03. The van der Waals surface area contributed by atoms with Gasteiger partial charge in [-0.2, -0.15) is 0 Å². The van der Waals surface area contributed by atoms with Crippen LogP contribution >= 0.6 is 11.8 Å². The second-order valence-corrected chi connectivity index (χ2v) is 4.85. The van der Waals surface area contributed by atoms with E-state index in [4.69, 9.17) is 9.47 Å². The molecule has 0 fully saturated rings. The van der Waals surface area contributed by atoms with Gasteiger partial charge in [-0.05, 0) is 12.3 Å². The molecule has 116 valence electrons. The first kappa shape index (κ1) is 15.9. The molecule has 0 aliphatic heterocycles. The van der Waals surface area contributed by atoms with E-state index in [1.165, 1.54) is 38.1 Å². The zero-order valence-electron chi connectivity index (χ0n) is 12.1. The predicted octanol–water partition coefficient (Wildman–Crippen LogP) is 1.50. The maximum Gasteiger partial charge on any atom is 0.277 e. The average molecular weight is 323 g/mol. The number of nitro groups is 1. The van der Waals surface area contributed by atoms with Crippen LogP contribution in [0.3, 0.4) is 0 Å². The molecule has 10 heteroatoms. The number of nitro benzene ring substituents is 1. The summed E-state index contributed by atoms with van der Waals surface area (Å²) in [4.78, 5) is 10.7. The molecular formula is C12H13N5O4S. The number of methoxy groups -OCH3 is 2. The van der Waals surface area contributed by atoms with Crippen LogP contribution in [-0.4, -0.2) is 45.8 Å². The Bertz CT molecular complexity index is 680. The van der Waals surface area contributed by atoms with Crippen molar-refractivity contribution < 1.29 is 14.4 Å². The summed E-state index contributed by atoms with van der Waals surface area (Å²) >= 11 is 1.31. The SMILES string of the molecule is COc1cc(Cc2nnc(SC)nn2)c([N+](=O)[O-])cc1OC. The second kappa shape index (κ2) is 6.98. The van der Waals surface area contributed by atoms with E-state index in [0.717, 1.165) is 0 Å². The van der Waals surface area contributed by atoms with E-state index in [1.54, 1.807) is 6.26 Å². The quantitative estimate of drug-likeness (QED) is 0.443. The smallest absolute Gasteiger partial charge is 0.277 e. The molecule has 0 aliphatic rings. The van der Waals surface area contributed by atoms with Gasteiger partial charge in [0.2, 0.25) is 5.16 Å². The van der Waals surface area contributed by atoms with E-state index in [2.05, 4.69) is 20.4 Å². The molecule has 2 rings (SSSR count). The van der Waals surface area contributed by atoms with Crippen LogP contribution < -0.4 is 9.47 Å². The van der Waals surface area contributed by atoms with Crippen molar-refractivity contribution in [3.63, 3.8) is 0 Å². The molecular weight excluding hydrogens is 310 g/mol. The Labute approximate surface area is 130 Å². The second-order valence-electron chi connectivity index (χ2n) is 4.07. The van der Waals surface area contributed by atoms with Gasteiger partial charge in [0, 0.05) is 12.0 Å². The van der Waals surface area contributed by atoms with Gasteiger partial charge in [-0.25, -0.2) is 0 Å². The normalized spacial score (nSPS) is 10.3. The maximum atomic E-state index is 11.2. The van der Waals surface area contributed by atoms with E-state index in [9.17, 15) is 10.1 Å². The average Bonchev–Trinajstić information content (AvgIpc) is 2.54. The molecule has 0 saturated carbocycles. The third-order valence-corrected chi connectivity index (χ3v) is 3.34. The minimum absolute atomic E-state index is 0.102. The number of ether oxygens (including phenoxy) is 2. The van der Waals surface area contributed by atoms with Crippen LogP contribution in [0.15, 0.2) is 17.3 Å². The largest absolute Gasteiger partial charge is 0.493 e. The number of nitrogens with zero attached hydrogens (tertiary/aromatic N) is 5. The molecule has 0 atom stereocenters. The molecule has 1 heterocycles. The third kappa shape index (κ3) is 3.39. The highest BCUT2D eigenvalue weighted by atomic mass is 32.2. The van der Waals surface area contributed by atoms with Gasteiger partial charge in [-0.3, -0.25) is 10.1 Å². The van der Waals surface area contributed by atoms with Crippen molar-refractivity contribution in [1.82, 2.24) is 20.4 Å². The fourth-order valence-electron chi connectivity index (χ4n) is 1.79. The van der Waals surface area contributed by atoms with Gasteiger partial charge in [-0.15, -0.1) is 20.4 Å². The molecule has 2 aromatic rings. The zero-order chi connectivity index (χ0) is 16.1. The maximum absolute atomic E-state index is 11.2. The molecule has 0 amide bonds.